The van der Waals surface area contributed by atoms with Crippen molar-refractivity contribution >= 4 is 39.2 Å². The predicted molar refractivity (Wildman–Crippen MR) is 96.1 cm³/mol. The van der Waals surface area contributed by atoms with Gasteiger partial charge in [0, 0.05) is 34.8 Å². The molecule has 4 aromatic rings. The molecule has 1 N–H and O–H groups in total. The lowest BCUT2D eigenvalue weighted by Gasteiger charge is -2.15. The molecule has 0 aliphatic heterocycles. The normalized spacial score (nSPS) is 13.8. The van der Waals surface area contributed by atoms with E-state index >= 15 is 0 Å². The number of carbonyl (C=O) groups is 2. The van der Waals surface area contributed by atoms with Crippen LogP contribution in [-0.2, 0) is 0 Å². The zero-order valence-corrected chi connectivity index (χ0v) is 13.4. The summed E-state index contributed by atoms with van der Waals surface area (Å²) in [5.74, 6) is -0.640. The van der Waals surface area contributed by atoms with E-state index < -0.39 is 0 Å². The molecule has 0 saturated carbocycles. The summed E-state index contributed by atoms with van der Waals surface area (Å²) in [6.45, 7) is 0. The minimum Gasteiger partial charge on any atom is -0.456 e. The van der Waals surface area contributed by atoms with Crippen LogP contribution in [0, 0.1) is 0 Å². The van der Waals surface area contributed by atoms with Gasteiger partial charge in [-0.25, -0.2) is 9.97 Å². The predicted octanol–water partition coefficient (Wildman–Crippen LogP) is 3.75. The van der Waals surface area contributed by atoms with E-state index in [0.717, 1.165) is 16.4 Å². The summed E-state index contributed by atoms with van der Waals surface area (Å²) >= 11 is 0. The topological polar surface area (TPSA) is 85.1 Å². The van der Waals surface area contributed by atoms with Gasteiger partial charge in [-0.3, -0.25) is 9.59 Å². The first-order valence-electron chi connectivity index (χ1n) is 8.00. The number of benzene rings is 2. The van der Waals surface area contributed by atoms with Crippen LogP contribution < -0.4 is 5.32 Å². The van der Waals surface area contributed by atoms with Crippen molar-refractivity contribution in [2.24, 2.45) is 0 Å². The molecule has 6 nitrogen and oxygen atoms in total. The van der Waals surface area contributed by atoms with Gasteiger partial charge < -0.3 is 9.73 Å². The number of rotatable bonds is 2. The zero-order chi connectivity index (χ0) is 17.7. The number of Topliss-reactive ketones (excluding diaryl/α,β-unsaturated/α-hetero) is 1. The fourth-order valence-corrected chi connectivity index (χ4v) is 3.15. The fraction of sp³-hybridized carbons (Fsp3) is 0. The van der Waals surface area contributed by atoms with Crippen molar-refractivity contribution in [2.75, 3.05) is 5.32 Å². The van der Waals surface area contributed by atoms with Crippen molar-refractivity contribution in [3.63, 3.8) is 0 Å². The summed E-state index contributed by atoms with van der Waals surface area (Å²) in [7, 11) is 0. The highest BCUT2D eigenvalue weighted by Crippen LogP contribution is 2.31. The zero-order valence-electron chi connectivity index (χ0n) is 13.4. The number of fused-ring (bicyclic) bond motifs is 4. The second kappa shape index (κ2) is 5.35. The third-order valence-corrected chi connectivity index (χ3v) is 4.37. The highest BCUT2D eigenvalue weighted by molar-refractivity contribution is 6.24. The molecular weight excluding hydrogens is 330 g/mol. The van der Waals surface area contributed by atoms with E-state index in [0.29, 0.717) is 11.3 Å². The molecule has 26 heavy (non-hydrogen) atoms. The van der Waals surface area contributed by atoms with Crippen molar-refractivity contribution < 1.29 is 14.0 Å². The van der Waals surface area contributed by atoms with Gasteiger partial charge in [0.15, 0.2) is 0 Å². The van der Waals surface area contributed by atoms with E-state index in [1.165, 1.54) is 18.6 Å². The number of ketones is 2. The number of para-hydroxylation sites is 1. The summed E-state index contributed by atoms with van der Waals surface area (Å²) in [4.78, 5) is 32.5. The Kier molecular flexibility index (Phi) is 2.99. The minimum absolute atomic E-state index is 0.128. The van der Waals surface area contributed by atoms with Crippen molar-refractivity contribution in [3.05, 3.63) is 78.0 Å². The second-order valence-electron chi connectivity index (χ2n) is 5.97. The van der Waals surface area contributed by atoms with Gasteiger partial charge in [-0.2, -0.15) is 0 Å². The average Bonchev–Trinajstić information content (AvgIpc) is 3.04. The molecule has 0 bridgehead atoms. The molecule has 1 aliphatic carbocycles. The first-order valence-corrected chi connectivity index (χ1v) is 8.00. The van der Waals surface area contributed by atoms with E-state index in [2.05, 4.69) is 15.3 Å². The molecule has 0 unspecified atom stereocenters. The number of furan rings is 1. The number of nitrogens with one attached hydrogen (secondary N) is 1. The first kappa shape index (κ1) is 14.5. The highest BCUT2D eigenvalue weighted by Gasteiger charge is 2.27. The third-order valence-electron chi connectivity index (χ3n) is 4.37. The largest absolute Gasteiger partial charge is 0.456 e. The second-order valence-corrected chi connectivity index (χ2v) is 5.97. The Morgan fingerprint density at radius 3 is 2.73 bits per heavy atom. The maximum atomic E-state index is 12.6. The molecule has 0 fully saturated rings. The maximum Gasteiger partial charge on any atom is 0.213 e. The van der Waals surface area contributed by atoms with Crippen LogP contribution in [0.5, 0.6) is 0 Å². The molecule has 2 heterocycles. The Bertz CT molecular complexity index is 1250. The SMILES string of the molecule is O=C1C(Nc2ccc3c(c2)oc2ccccc23)=CC(=O)c2ncncc21. The molecule has 0 atom stereocenters. The molecule has 2 aromatic carbocycles. The summed E-state index contributed by atoms with van der Waals surface area (Å²) < 4.78 is 5.86. The lowest BCUT2D eigenvalue weighted by atomic mass is 9.98. The molecule has 124 valence electrons. The van der Waals surface area contributed by atoms with E-state index in [1.807, 2.05) is 42.5 Å². The molecule has 0 amide bonds. The fourth-order valence-electron chi connectivity index (χ4n) is 3.15. The highest BCUT2D eigenvalue weighted by atomic mass is 16.3. The summed E-state index contributed by atoms with van der Waals surface area (Å²) in [6.07, 6.45) is 3.88. The van der Waals surface area contributed by atoms with Gasteiger partial charge in [0.1, 0.15) is 23.2 Å². The van der Waals surface area contributed by atoms with Crippen LogP contribution in [-0.4, -0.2) is 21.5 Å². The number of anilines is 1. The van der Waals surface area contributed by atoms with Gasteiger partial charge in [-0.1, -0.05) is 18.2 Å². The van der Waals surface area contributed by atoms with Gasteiger partial charge in [0.2, 0.25) is 11.6 Å². The minimum atomic E-state index is -0.325. The van der Waals surface area contributed by atoms with E-state index in [9.17, 15) is 9.59 Å². The van der Waals surface area contributed by atoms with Crippen molar-refractivity contribution in [3.8, 4) is 0 Å². The standard InChI is InChI=1S/C20H11N3O3/c24-16-8-15(20(25)14-9-21-10-22-19(14)16)23-11-5-6-13-12-3-1-2-4-17(12)26-18(13)7-11/h1-10,23H. The van der Waals surface area contributed by atoms with Gasteiger partial charge >= 0.3 is 0 Å². The van der Waals surface area contributed by atoms with E-state index in [4.69, 9.17) is 4.42 Å². The monoisotopic (exact) mass is 341 g/mol. The summed E-state index contributed by atoms with van der Waals surface area (Å²) in [5, 5.41) is 5.04. The lowest BCUT2D eigenvalue weighted by molar-refractivity contribution is 0.0981. The smallest absolute Gasteiger partial charge is 0.213 e. The van der Waals surface area contributed by atoms with Crippen LogP contribution in [0.3, 0.4) is 0 Å². The van der Waals surface area contributed by atoms with E-state index in [1.54, 1.807) is 0 Å². The number of carbonyl (C=O) groups excluding carboxylic acids is 2. The third kappa shape index (κ3) is 2.12. The Labute approximate surface area is 147 Å². The van der Waals surface area contributed by atoms with Crippen molar-refractivity contribution in [1.82, 2.24) is 9.97 Å². The van der Waals surface area contributed by atoms with Crippen LogP contribution in [0.25, 0.3) is 21.9 Å². The van der Waals surface area contributed by atoms with Gasteiger partial charge in [0.25, 0.3) is 0 Å². The molecule has 1 aliphatic rings. The maximum absolute atomic E-state index is 12.6. The number of hydrogen-bond acceptors (Lipinski definition) is 6. The number of hydrogen-bond donors (Lipinski definition) is 1. The average molecular weight is 341 g/mol. The van der Waals surface area contributed by atoms with E-state index in [-0.39, 0.29) is 28.5 Å². The summed E-state index contributed by atoms with van der Waals surface area (Å²) in [5.41, 5.74) is 2.68. The van der Waals surface area contributed by atoms with Crippen LogP contribution >= 0.6 is 0 Å². The molecular formula is C20H11N3O3. The lowest BCUT2D eigenvalue weighted by Crippen LogP contribution is -2.22. The van der Waals surface area contributed by atoms with Crippen molar-refractivity contribution in [2.45, 2.75) is 0 Å². The van der Waals surface area contributed by atoms with Crippen LogP contribution in [0.2, 0.25) is 0 Å². The van der Waals surface area contributed by atoms with Crippen LogP contribution in [0.4, 0.5) is 5.69 Å². The molecule has 0 radical (unpaired) electrons. The number of nitrogens with zero attached hydrogens (tertiary/aromatic N) is 2. The number of aromatic nitrogens is 2. The van der Waals surface area contributed by atoms with Gasteiger partial charge in [0.05, 0.1) is 11.3 Å². The van der Waals surface area contributed by atoms with Gasteiger partial charge in [-0.05, 0) is 18.2 Å². The Morgan fingerprint density at radius 2 is 1.81 bits per heavy atom. The van der Waals surface area contributed by atoms with Crippen molar-refractivity contribution in [1.29, 1.82) is 0 Å². The quantitative estimate of drug-likeness (QED) is 0.598. The number of allylic oxidation sites excluding steroid dienone is 2. The van der Waals surface area contributed by atoms with Gasteiger partial charge in [-0.15, -0.1) is 0 Å². The summed E-state index contributed by atoms with van der Waals surface area (Å²) in [6, 6.07) is 13.4. The first-order chi connectivity index (χ1) is 12.7. The molecule has 2 aromatic heterocycles. The van der Waals surface area contributed by atoms with Crippen LogP contribution in [0.1, 0.15) is 20.8 Å². The molecule has 0 spiro atoms. The molecule has 0 saturated heterocycles. The van der Waals surface area contributed by atoms with Crippen LogP contribution in [0.15, 0.2) is 71.2 Å². The molecule has 6 heteroatoms. The Hall–Kier alpha value is -3.80. The Balaban J connectivity index is 1.54. The molecule has 5 rings (SSSR count). The Morgan fingerprint density at radius 1 is 0.962 bits per heavy atom.